The molecule has 1 aliphatic heterocycles. The first-order valence-electron chi connectivity index (χ1n) is 9.46. The van der Waals surface area contributed by atoms with E-state index < -0.39 is 0 Å². The third-order valence-electron chi connectivity index (χ3n) is 4.90. The maximum Gasteiger partial charge on any atom is 0.191 e. The van der Waals surface area contributed by atoms with Crippen molar-refractivity contribution in [2.75, 3.05) is 13.2 Å². The summed E-state index contributed by atoms with van der Waals surface area (Å²) in [4.78, 5) is 0. The molecule has 2 aromatic carbocycles. The highest BCUT2D eigenvalue weighted by molar-refractivity contribution is 7.98. The molecule has 0 radical (unpaired) electrons. The van der Waals surface area contributed by atoms with Crippen LogP contribution in [0.4, 0.5) is 0 Å². The summed E-state index contributed by atoms with van der Waals surface area (Å²) >= 11 is 8.05. The lowest BCUT2D eigenvalue weighted by molar-refractivity contribution is 0.171. The van der Waals surface area contributed by atoms with Gasteiger partial charge in [0, 0.05) is 11.7 Å². The minimum absolute atomic E-state index is 0.535. The molecule has 0 saturated heterocycles. The lowest BCUT2D eigenvalue weighted by Gasteiger charge is -2.20. The fourth-order valence-electron chi connectivity index (χ4n) is 3.36. The molecule has 0 amide bonds. The zero-order chi connectivity index (χ0) is 18.9. The number of aromatic nitrogens is 3. The van der Waals surface area contributed by atoms with Crippen molar-refractivity contribution < 1.29 is 9.47 Å². The van der Waals surface area contributed by atoms with Gasteiger partial charge in [0.15, 0.2) is 16.7 Å². The Balaban J connectivity index is 1.38. The molecular formula is C21H20ClN3O2S. The Morgan fingerprint density at radius 3 is 2.68 bits per heavy atom. The minimum atomic E-state index is 0.535. The van der Waals surface area contributed by atoms with Gasteiger partial charge in [-0.1, -0.05) is 53.7 Å². The topological polar surface area (TPSA) is 49.2 Å². The summed E-state index contributed by atoms with van der Waals surface area (Å²) in [5.74, 6) is 3.76. The van der Waals surface area contributed by atoms with Gasteiger partial charge < -0.3 is 14.0 Å². The van der Waals surface area contributed by atoms with Gasteiger partial charge in [-0.25, -0.2) is 0 Å². The molecule has 0 bridgehead atoms. The van der Waals surface area contributed by atoms with E-state index in [1.54, 1.807) is 11.8 Å². The number of rotatable bonds is 6. The molecule has 144 valence electrons. The van der Waals surface area contributed by atoms with Gasteiger partial charge in [0.25, 0.3) is 0 Å². The molecule has 2 heterocycles. The van der Waals surface area contributed by atoms with Crippen LogP contribution in [0.2, 0.25) is 5.02 Å². The minimum Gasteiger partial charge on any atom is -0.486 e. The Hall–Kier alpha value is -2.18. The molecule has 5 rings (SSSR count). The van der Waals surface area contributed by atoms with Gasteiger partial charge >= 0.3 is 0 Å². The van der Waals surface area contributed by atoms with Crippen LogP contribution in [0.25, 0.3) is 0 Å². The highest BCUT2D eigenvalue weighted by Gasteiger charge is 2.30. The van der Waals surface area contributed by atoms with Gasteiger partial charge in [0.05, 0.1) is 11.6 Å². The van der Waals surface area contributed by atoms with E-state index >= 15 is 0 Å². The Morgan fingerprint density at radius 2 is 1.86 bits per heavy atom. The second-order valence-electron chi connectivity index (χ2n) is 7.08. The summed E-state index contributed by atoms with van der Waals surface area (Å²) < 4.78 is 13.6. The Bertz CT molecular complexity index is 989. The first-order chi connectivity index (χ1) is 13.8. The van der Waals surface area contributed by atoms with Crippen LogP contribution >= 0.6 is 23.4 Å². The van der Waals surface area contributed by atoms with Crippen LogP contribution in [0.3, 0.4) is 0 Å². The number of ether oxygens (including phenoxy) is 2. The largest absolute Gasteiger partial charge is 0.486 e. The maximum absolute atomic E-state index is 6.37. The highest BCUT2D eigenvalue weighted by Crippen LogP contribution is 2.42. The van der Waals surface area contributed by atoms with Gasteiger partial charge in [-0.3, -0.25) is 0 Å². The summed E-state index contributed by atoms with van der Waals surface area (Å²) in [6, 6.07) is 14.4. The first-order valence-corrected chi connectivity index (χ1v) is 10.8. The molecule has 5 nitrogen and oxygen atoms in total. The second-order valence-corrected chi connectivity index (χ2v) is 8.43. The standard InChI is InChI=1S/C21H20ClN3O2S/c22-17-10-15(11-18-19(17)27-9-8-26-18)13-28-21-24-23-20(16-6-7-16)25(21)12-14-4-2-1-3-5-14/h1-5,10-11,16H,6-9,12-13H2. The summed E-state index contributed by atoms with van der Waals surface area (Å²) in [6.07, 6.45) is 2.41. The van der Waals surface area contributed by atoms with Crippen LogP contribution in [0.15, 0.2) is 47.6 Å². The van der Waals surface area contributed by atoms with E-state index in [1.165, 1.54) is 18.4 Å². The van der Waals surface area contributed by atoms with Gasteiger partial charge in [0.2, 0.25) is 0 Å². The predicted octanol–water partition coefficient (Wildman–Crippen LogP) is 4.92. The SMILES string of the molecule is Clc1cc(CSc2nnc(C3CC3)n2Cc2ccccc2)cc2c1OCCO2. The van der Waals surface area contributed by atoms with E-state index in [0.29, 0.717) is 29.9 Å². The molecule has 1 fully saturated rings. The number of fused-ring (bicyclic) bond motifs is 1. The number of thioether (sulfide) groups is 1. The second kappa shape index (κ2) is 7.68. The van der Waals surface area contributed by atoms with Gasteiger partial charge in [-0.2, -0.15) is 0 Å². The quantitative estimate of drug-likeness (QED) is 0.537. The molecule has 7 heteroatoms. The number of halogens is 1. The maximum atomic E-state index is 6.37. The van der Waals surface area contributed by atoms with Gasteiger partial charge in [-0.05, 0) is 36.1 Å². The van der Waals surface area contributed by atoms with Crippen LogP contribution in [0, 0.1) is 0 Å². The lowest BCUT2D eigenvalue weighted by atomic mass is 10.2. The normalized spacial score (nSPS) is 15.6. The third kappa shape index (κ3) is 3.71. The van der Waals surface area contributed by atoms with Gasteiger partial charge in [0.1, 0.15) is 19.0 Å². The van der Waals surface area contributed by atoms with Gasteiger partial charge in [-0.15, -0.1) is 10.2 Å². The number of hydrogen-bond acceptors (Lipinski definition) is 5. The zero-order valence-electron chi connectivity index (χ0n) is 15.3. The Kier molecular flexibility index (Phi) is 4.91. The molecular weight excluding hydrogens is 394 g/mol. The average Bonchev–Trinajstić information content (AvgIpc) is 3.49. The van der Waals surface area contributed by atoms with E-state index in [1.807, 2.05) is 18.2 Å². The van der Waals surface area contributed by atoms with Crippen LogP contribution in [-0.2, 0) is 12.3 Å². The number of nitrogens with zero attached hydrogens (tertiary/aromatic N) is 3. The summed E-state index contributed by atoms with van der Waals surface area (Å²) in [5.41, 5.74) is 2.34. The molecule has 2 aliphatic rings. The summed E-state index contributed by atoms with van der Waals surface area (Å²) in [5, 5.41) is 10.5. The molecule has 1 aliphatic carbocycles. The molecule has 0 unspecified atom stereocenters. The molecule has 28 heavy (non-hydrogen) atoms. The van der Waals surface area contributed by atoms with Crippen LogP contribution in [0.1, 0.15) is 35.7 Å². The van der Waals surface area contributed by atoms with E-state index in [4.69, 9.17) is 21.1 Å². The van der Waals surface area contributed by atoms with Crippen molar-refractivity contribution in [3.63, 3.8) is 0 Å². The van der Waals surface area contributed by atoms with Crippen molar-refractivity contribution in [2.24, 2.45) is 0 Å². The van der Waals surface area contributed by atoms with Crippen molar-refractivity contribution >= 4 is 23.4 Å². The molecule has 1 aromatic heterocycles. The number of hydrogen-bond donors (Lipinski definition) is 0. The lowest BCUT2D eigenvalue weighted by Crippen LogP contribution is -2.15. The molecule has 0 spiro atoms. The molecule has 0 N–H and O–H groups in total. The van der Waals surface area contributed by atoms with Crippen molar-refractivity contribution in [2.45, 2.75) is 36.2 Å². The van der Waals surface area contributed by atoms with Crippen molar-refractivity contribution in [1.82, 2.24) is 14.8 Å². The fourth-order valence-corrected chi connectivity index (χ4v) is 4.52. The number of benzene rings is 2. The van der Waals surface area contributed by atoms with E-state index in [2.05, 4.69) is 39.0 Å². The first kappa shape index (κ1) is 17.9. The third-order valence-corrected chi connectivity index (χ3v) is 6.21. The summed E-state index contributed by atoms with van der Waals surface area (Å²) in [6.45, 7) is 1.88. The monoisotopic (exact) mass is 413 g/mol. The van der Waals surface area contributed by atoms with Crippen LogP contribution in [-0.4, -0.2) is 28.0 Å². The van der Waals surface area contributed by atoms with Crippen molar-refractivity contribution in [3.05, 3.63) is 64.4 Å². The molecule has 3 aromatic rings. The molecule has 0 atom stereocenters. The van der Waals surface area contributed by atoms with Crippen LogP contribution in [0.5, 0.6) is 11.5 Å². The highest BCUT2D eigenvalue weighted by atomic mass is 35.5. The Labute approximate surface area is 173 Å². The summed E-state index contributed by atoms with van der Waals surface area (Å²) in [7, 11) is 0. The van der Waals surface area contributed by atoms with E-state index in [0.717, 1.165) is 34.6 Å². The average molecular weight is 414 g/mol. The van der Waals surface area contributed by atoms with Crippen LogP contribution < -0.4 is 9.47 Å². The molecule has 1 saturated carbocycles. The van der Waals surface area contributed by atoms with Crippen molar-refractivity contribution in [1.29, 1.82) is 0 Å². The van der Waals surface area contributed by atoms with Crippen molar-refractivity contribution in [3.8, 4) is 11.5 Å². The fraction of sp³-hybridized carbons (Fsp3) is 0.333. The zero-order valence-corrected chi connectivity index (χ0v) is 16.9. The van der Waals surface area contributed by atoms with E-state index in [9.17, 15) is 0 Å². The Morgan fingerprint density at radius 1 is 1.04 bits per heavy atom. The smallest absolute Gasteiger partial charge is 0.191 e. The van der Waals surface area contributed by atoms with E-state index in [-0.39, 0.29) is 0 Å². The predicted molar refractivity (Wildman–Crippen MR) is 110 cm³/mol.